The van der Waals surface area contributed by atoms with Gasteiger partial charge in [-0.1, -0.05) is 120 Å². The number of carbonyl (C=O) groups excluding carboxylic acids is 2. The number of imide groups is 1. The molecule has 2 amide bonds. The van der Waals surface area contributed by atoms with Gasteiger partial charge in [0.15, 0.2) is 6.61 Å². The van der Waals surface area contributed by atoms with Crippen LogP contribution in [0.2, 0.25) is 0 Å². The third kappa shape index (κ3) is 7.11. The number of carbonyl (C=O) groups is 2. The number of ether oxygens (including phenoxy) is 2. The van der Waals surface area contributed by atoms with Gasteiger partial charge in [0.25, 0.3) is 5.24 Å². The number of hydrogen-bond acceptors (Lipinski definition) is 8. The zero-order valence-electron chi connectivity index (χ0n) is 26.5. The lowest BCUT2D eigenvalue weighted by Crippen LogP contribution is -2.51. The van der Waals surface area contributed by atoms with E-state index in [1.54, 1.807) is 18.5 Å². The van der Waals surface area contributed by atoms with Crippen molar-refractivity contribution in [1.82, 2.24) is 9.88 Å². The van der Waals surface area contributed by atoms with Crippen molar-refractivity contribution in [2.75, 3.05) is 19.8 Å². The Kier molecular flexibility index (Phi) is 10.5. The van der Waals surface area contributed by atoms with Crippen molar-refractivity contribution in [3.8, 4) is 11.6 Å². The van der Waals surface area contributed by atoms with Crippen molar-refractivity contribution >= 4 is 29.1 Å². The first-order chi connectivity index (χ1) is 23.6. The molecule has 9 heteroatoms. The van der Waals surface area contributed by atoms with Crippen LogP contribution in [-0.2, 0) is 21.6 Å². The molecule has 5 aromatic rings. The van der Waals surface area contributed by atoms with Gasteiger partial charge in [-0.05, 0) is 53.8 Å². The molecule has 0 spiro atoms. The Bertz CT molecular complexity index is 1720. The summed E-state index contributed by atoms with van der Waals surface area (Å²) in [6.45, 7) is 3.04. The van der Waals surface area contributed by atoms with Crippen molar-refractivity contribution in [2.24, 2.45) is 5.16 Å². The average molecular weight is 658 g/mol. The van der Waals surface area contributed by atoms with Gasteiger partial charge in [0, 0.05) is 17.8 Å². The van der Waals surface area contributed by atoms with E-state index in [9.17, 15) is 9.59 Å². The van der Waals surface area contributed by atoms with Crippen LogP contribution in [-0.4, -0.2) is 52.3 Å². The number of amides is 2. The van der Waals surface area contributed by atoms with Crippen LogP contribution in [0.15, 0.2) is 139 Å². The van der Waals surface area contributed by atoms with Crippen LogP contribution in [0.25, 0.3) is 0 Å². The molecular formula is C39H35N3O5S. The van der Waals surface area contributed by atoms with Gasteiger partial charge in [0.1, 0.15) is 17.9 Å². The maximum absolute atomic E-state index is 14.3. The van der Waals surface area contributed by atoms with Gasteiger partial charge in [0.05, 0.1) is 18.1 Å². The minimum atomic E-state index is -1.13. The van der Waals surface area contributed by atoms with Crippen molar-refractivity contribution in [1.29, 1.82) is 0 Å². The average Bonchev–Trinajstić information content (AvgIpc) is 3.41. The Morgan fingerprint density at radius 3 is 1.92 bits per heavy atom. The second-order valence-corrected chi connectivity index (χ2v) is 12.1. The van der Waals surface area contributed by atoms with Gasteiger partial charge < -0.3 is 14.3 Å². The molecule has 1 atom stereocenters. The molecule has 1 fully saturated rings. The van der Waals surface area contributed by atoms with E-state index < -0.39 is 10.8 Å². The maximum Gasteiger partial charge on any atom is 0.290 e. The Morgan fingerprint density at radius 2 is 1.38 bits per heavy atom. The molecule has 0 bridgehead atoms. The van der Waals surface area contributed by atoms with Crippen LogP contribution in [0.4, 0.5) is 4.79 Å². The molecule has 6 rings (SSSR count). The van der Waals surface area contributed by atoms with Gasteiger partial charge >= 0.3 is 0 Å². The molecule has 2 heterocycles. The van der Waals surface area contributed by atoms with Gasteiger partial charge in [0.2, 0.25) is 11.8 Å². The zero-order chi connectivity index (χ0) is 33.2. The summed E-state index contributed by atoms with van der Waals surface area (Å²) in [6.07, 6.45) is 3.64. The largest absolute Gasteiger partial charge is 0.490 e. The van der Waals surface area contributed by atoms with Crippen LogP contribution in [0.3, 0.4) is 0 Å². The molecule has 1 aromatic heterocycles. The molecule has 1 aliphatic heterocycles. The van der Waals surface area contributed by atoms with Crippen LogP contribution in [0.1, 0.15) is 34.7 Å². The molecular weight excluding hydrogens is 623 g/mol. The lowest BCUT2D eigenvalue weighted by atomic mass is 9.75. The summed E-state index contributed by atoms with van der Waals surface area (Å²) in [4.78, 5) is 39.2. The van der Waals surface area contributed by atoms with Gasteiger partial charge in [-0.15, -0.1) is 0 Å². The lowest BCUT2D eigenvalue weighted by molar-refractivity contribution is -0.129. The fraction of sp³-hybridized carbons (Fsp3) is 0.179. The first-order valence-corrected chi connectivity index (χ1v) is 16.6. The fourth-order valence-electron chi connectivity index (χ4n) is 5.80. The first-order valence-electron chi connectivity index (χ1n) is 15.8. The summed E-state index contributed by atoms with van der Waals surface area (Å²) < 4.78 is 11.1. The van der Waals surface area contributed by atoms with Crippen molar-refractivity contribution in [3.05, 3.63) is 161 Å². The van der Waals surface area contributed by atoms with E-state index in [0.717, 1.165) is 39.6 Å². The van der Waals surface area contributed by atoms with Crippen molar-refractivity contribution < 1.29 is 23.9 Å². The van der Waals surface area contributed by atoms with Crippen LogP contribution in [0.5, 0.6) is 11.6 Å². The third-order valence-corrected chi connectivity index (χ3v) is 8.98. The Hall–Kier alpha value is -5.41. The highest BCUT2D eigenvalue weighted by Crippen LogP contribution is 2.47. The molecule has 242 valence electrons. The molecule has 0 saturated carbocycles. The summed E-state index contributed by atoms with van der Waals surface area (Å²) in [5.41, 5.74) is 3.12. The highest BCUT2D eigenvalue weighted by molar-refractivity contribution is 8.15. The minimum Gasteiger partial charge on any atom is -0.490 e. The third-order valence-electron chi connectivity index (χ3n) is 7.95. The number of benzene rings is 4. The number of thioether (sulfide) groups is 1. The van der Waals surface area contributed by atoms with E-state index in [4.69, 9.17) is 14.3 Å². The summed E-state index contributed by atoms with van der Waals surface area (Å²) >= 11 is 1.08. The number of hydrogen-bond donors (Lipinski definition) is 0. The molecule has 48 heavy (non-hydrogen) atoms. The smallest absolute Gasteiger partial charge is 0.290 e. The quantitative estimate of drug-likeness (QED) is 0.0529. The minimum absolute atomic E-state index is 0.222. The molecule has 1 aliphatic rings. The lowest BCUT2D eigenvalue weighted by Gasteiger charge is -2.42. The Labute approximate surface area is 284 Å². The molecule has 1 saturated heterocycles. The van der Waals surface area contributed by atoms with Crippen molar-refractivity contribution in [3.63, 3.8) is 0 Å². The zero-order valence-corrected chi connectivity index (χ0v) is 27.3. The van der Waals surface area contributed by atoms with E-state index in [-0.39, 0.29) is 17.8 Å². The summed E-state index contributed by atoms with van der Waals surface area (Å²) in [7, 11) is 0. The van der Waals surface area contributed by atoms with Crippen LogP contribution >= 0.6 is 11.8 Å². The second kappa shape index (κ2) is 15.5. The predicted octanol–water partition coefficient (Wildman–Crippen LogP) is 7.51. The van der Waals surface area contributed by atoms with E-state index in [1.165, 1.54) is 4.90 Å². The van der Waals surface area contributed by atoms with Gasteiger partial charge in [-0.2, -0.15) is 0 Å². The maximum atomic E-state index is 14.3. The Morgan fingerprint density at radius 1 is 0.771 bits per heavy atom. The standard InChI is InChI=1S/C39H35N3O5S/c1-2-45-36-23-20-30(27-40-36)28-41-47-25-24-46-34-21-18-29(19-22-34)26-35-37(43)42(38(44)48-35)39(31-12-6-3-7-13-31,32-14-8-4-9-15-32)33-16-10-5-11-17-33/h3-23,27-28,35H,2,24-26H2,1H3/b41-28-. The van der Waals surface area contributed by atoms with E-state index >= 15 is 0 Å². The molecule has 1 unspecified atom stereocenters. The number of nitrogens with zero attached hydrogens (tertiary/aromatic N) is 3. The number of pyridine rings is 1. The van der Waals surface area contributed by atoms with Gasteiger partial charge in [-0.25, -0.2) is 4.98 Å². The summed E-state index contributed by atoms with van der Waals surface area (Å²) in [5.74, 6) is 1.01. The van der Waals surface area contributed by atoms with Gasteiger partial charge in [-0.3, -0.25) is 14.5 Å². The molecule has 8 nitrogen and oxygen atoms in total. The topological polar surface area (TPSA) is 90.3 Å². The van der Waals surface area contributed by atoms with Crippen molar-refractivity contribution in [2.45, 2.75) is 24.1 Å². The van der Waals surface area contributed by atoms with Crippen LogP contribution < -0.4 is 9.47 Å². The molecule has 0 aliphatic carbocycles. The highest BCUT2D eigenvalue weighted by Gasteiger charge is 2.53. The Balaban J connectivity index is 1.12. The van der Waals surface area contributed by atoms with Crippen LogP contribution in [0, 0.1) is 0 Å². The number of oxime groups is 1. The van der Waals surface area contributed by atoms with E-state index in [2.05, 4.69) is 10.1 Å². The first kappa shape index (κ1) is 32.5. The SMILES string of the molecule is CCOc1ccc(/C=N\OCCOc2ccc(CC3SC(=O)N(C(c4ccccc4)(c4ccccc4)c4ccccc4)C3=O)cc2)cn1. The highest BCUT2D eigenvalue weighted by atomic mass is 32.2. The monoisotopic (exact) mass is 657 g/mol. The van der Waals surface area contributed by atoms with E-state index in [0.29, 0.717) is 31.3 Å². The fourth-order valence-corrected chi connectivity index (χ4v) is 6.86. The normalized spacial score (nSPS) is 14.8. The summed E-state index contributed by atoms with van der Waals surface area (Å²) in [6, 6.07) is 40.5. The predicted molar refractivity (Wildman–Crippen MR) is 187 cm³/mol. The molecule has 0 radical (unpaired) electrons. The number of rotatable bonds is 14. The van der Waals surface area contributed by atoms with E-state index in [1.807, 2.05) is 128 Å². The summed E-state index contributed by atoms with van der Waals surface area (Å²) in [5, 5.41) is 3.12. The second-order valence-electron chi connectivity index (χ2n) is 11.0. The molecule has 0 N–H and O–H groups in total. The molecule has 4 aromatic carbocycles. The number of aromatic nitrogens is 1.